The van der Waals surface area contributed by atoms with Crippen LogP contribution in [0, 0.1) is 0 Å². The second kappa shape index (κ2) is 4.88. The zero-order valence-electron chi connectivity index (χ0n) is 9.74. The van der Waals surface area contributed by atoms with Crippen molar-refractivity contribution in [2.45, 2.75) is 25.7 Å². The minimum atomic E-state index is -0.236. The van der Waals surface area contributed by atoms with Gasteiger partial charge in [-0.2, -0.15) is 4.98 Å². The number of halogens is 1. The van der Waals surface area contributed by atoms with Crippen LogP contribution in [0.1, 0.15) is 26.2 Å². The number of hydrogen-bond donors (Lipinski definition) is 1. The van der Waals surface area contributed by atoms with E-state index in [0.717, 1.165) is 15.8 Å². The molecule has 0 bridgehead atoms. The molecule has 0 radical (unpaired) electrons. The Morgan fingerprint density at radius 1 is 1.59 bits per heavy atom. The molecular weight excluding hydrogens is 302 g/mol. The second-order valence-electron chi connectivity index (χ2n) is 4.17. The van der Waals surface area contributed by atoms with Crippen LogP contribution in [0.4, 0.5) is 0 Å². The first-order valence-corrected chi connectivity index (χ1v) is 7.05. The van der Waals surface area contributed by atoms with E-state index in [-0.39, 0.29) is 5.41 Å². The van der Waals surface area contributed by atoms with Gasteiger partial charge in [-0.25, -0.2) is 0 Å². The van der Waals surface area contributed by atoms with Crippen LogP contribution in [0.5, 0.6) is 0 Å². The monoisotopic (exact) mass is 315 g/mol. The summed E-state index contributed by atoms with van der Waals surface area (Å²) < 4.78 is 6.35. The summed E-state index contributed by atoms with van der Waals surface area (Å²) in [6.45, 7) is 4.60. The van der Waals surface area contributed by atoms with E-state index in [1.54, 1.807) is 11.3 Å². The van der Waals surface area contributed by atoms with Crippen LogP contribution < -0.4 is 5.73 Å². The molecule has 0 aliphatic rings. The van der Waals surface area contributed by atoms with Crippen LogP contribution in [-0.4, -0.2) is 16.7 Å². The van der Waals surface area contributed by atoms with Gasteiger partial charge in [0, 0.05) is 16.4 Å². The molecule has 92 valence electrons. The minimum Gasteiger partial charge on any atom is -0.338 e. The molecule has 0 aliphatic carbocycles. The van der Waals surface area contributed by atoms with Gasteiger partial charge in [-0.05, 0) is 35.3 Å². The first-order valence-electron chi connectivity index (χ1n) is 5.37. The highest BCUT2D eigenvalue weighted by molar-refractivity contribution is 9.10. The molecular formula is C11H14BrN3OS. The van der Waals surface area contributed by atoms with Gasteiger partial charge < -0.3 is 10.3 Å². The minimum absolute atomic E-state index is 0.236. The maximum atomic E-state index is 5.77. The number of nitrogens with two attached hydrogens (primary N) is 1. The number of hydrogen-bond acceptors (Lipinski definition) is 5. The molecule has 0 saturated carbocycles. The first-order chi connectivity index (χ1) is 8.09. The summed E-state index contributed by atoms with van der Waals surface area (Å²) in [7, 11) is 0. The van der Waals surface area contributed by atoms with Crippen LogP contribution in [0.25, 0.3) is 10.7 Å². The standard InChI is InChI=1S/C11H14BrN3OS/c1-3-11(2,6-13)10-14-9(15-16-10)8-4-7(12)5-17-8/h4-5H,3,6,13H2,1-2H3. The lowest BCUT2D eigenvalue weighted by Crippen LogP contribution is -2.31. The van der Waals surface area contributed by atoms with Crippen molar-refractivity contribution in [3.63, 3.8) is 0 Å². The summed E-state index contributed by atoms with van der Waals surface area (Å²) in [5.41, 5.74) is 5.53. The Morgan fingerprint density at radius 3 is 2.88 bits per heavy atom. The SMILES string of the molecule is CCC(C)(CN)c1nc(-c2cc(Br)cs2)no1. The van der Waals surface area contributed by atoms with E-state index in [1.165, 1.54) is 0 Å². The zero-order chi connectivity index (χ0) is 12.5. The van der Waals surface area contributed by atoms with Crippen LogP contribution in [0.15, 0.2) is 20.4 Å². The molecule has 4 nitrogen and oxygen atoms in total. The molecule has 1 atom stereocenters. The predicted octanol–water partition coefficient (Wildman–Crippen LogP) is 3.19. The number of rotatable bonds is 4. The number of aromatic nitrogens is 2. The van der Waals surface area contributed by atoms with E-state index in [0.29, 0.717) is 18.3 Å². The summed E-state index contributed by atoms with van der Waals surface area (Å²) in [5.74, 6) is 1.24. The van der Waals surface area contributed by atoms with Crippen molar-refractivity contribution in [3.05, 3.63) is 21.8 Å². The third-order valence-electron chi connectivity index (χ3n) is 2.96. The van der Waals surface area contributed by atoms with Crippen LogP contribution in [0.2, 0.25) is 0 Å². The fraction of sp³-hybridized carbons (Fsp3) is 0.455. The predicted molar refractivity (Wildman–Crippen MR) is 72.0 cm³/mol. The van der Waals surface area contributed by atoms with Crippen molar-refractivity contribution in [2.24, 2.45) is 5.73 Å². The molecule has 2 aromatic heterocycles. The number of thiophene rings is 1. The summed E-state index contributed by atoms with van der Waals surface area (Å²) in [5, 5.41) is 6.00. The summed E-state index contributed by atoms with van der Waals surface area (Å²) in [6, 6.07) is 1.98. The van der Waals surface area contributed by atoms with Gasteiger partial charge >= 0.3 is 0 Å². The van der Waals surface area contributed by atoms with Gasteiger partial charge in [0.2, 0.25) is 11.7 Å². The van der Waals surface area contributed by atoms with Gasteiger partial charge in [-0.3, -0.25) is 0 Å². The average molecular weight is 316 g/mol. The Bertz CT molecular complexity index is 504. The maximum Gasteiger partial charge on any atom is 0.234 e. The van der Waals surface area contributed by atoms with E-state index in [4.69, 9.17) is 10.3 Å². The molecule has 2 N–H and O–H groups in total. The van der Waals surface area contributed by atoms with E-state index < -0.39 is 0 Å². The fourth-order valence-electron chi connectivity index (χ4n) is 1.38. The van der Waals surface area contributed by atoms with Crippen molar-refractivity contribution in [1.82, 2.24) is 10.1 Å². The average Bonchev–Trinajstić information content (AvgIpc) is 2.96. The Hall–Kier alpha value is -0.720. The van der Waals surface area contributed by atoms with Crippen molar-refractivity contribution < 1.29 is 4.52 Å². The lowest BCUT2D eigenvalue weighted by atomic mass is 9.88. The Labute approximate surface area is 112 Å². The Balaban J connectivity index is 2.33. The Kier molecular flexibility index (Phi) is 3.65. The molecule has 0 aromatic carbocycles. The Morgan fingerprint density at radius 2 is 2.35 bits per heavy atom. The highest BCUT2D eigenvalue weighted by Gasteiger charge is 2.30. The quantitative estimate of drug-likeness (QED) is 0.941. The molecule has 0 saturated heterocycles. The van der Waals surface area contributed by atoms with Gasteiger partial charge in [0.25, 0.3) is 0 Å². The highest BCUT2D eigenvalue weighted by Crippen LogP contribution is 2.31. The van der Waals surface area contributed by atoms with Crippen molar-refractivity contribution in [2.75, 3.05) is 6.54 Å². The summed E-state index contributed by atoms with van der Waals surface area (Å²) >= 11 is 4.99. The smallest absolute Gasteiger partial charge is 0.234 e. The third kappa shape index (κ3) is 2.43. The van der Waals surface area contributed by atoms with E-state index in [1.807, 2.05) is 18.4 Å². The molecule has 0 fully saturated rings. The molecule has 6 heteroatoms. The lowest BCUT2D eigenvalue weighted by molar-refractivity contribution is 0.291. The lowest BCUT2D eigenvalue weighted by Gasteiger charge is -2.20. The topological polar surface area (TPSA) is 64.9 Å². The summed E-state index contributed by atoms with van der Waals surface area (Å²) in [4.78, 5) is 5.43. The van der Waals surface area contributed by atoms with Crippen LogP contribution in [-0.2, 0) is 5.41 Å². The van der Waals surface area contributed by atoms with Crippen molar-refractivity contribution >= 4 is 27.3 Å². The van der Waals surface area contributed by atoms with Crippen LogP contribution >= 0.6 is 27.3 Å². The zero-order valence-corrected chi connectivity index (χ0v) is 12.1. The maximum absolute atomic E-state index is 5.77. The molecule has 0 amide bonds. The number of nitrogens with zero attached hydrogens (tertiary/aromatic N) is 2. The molecule has 0 spiro atoms. The van der Waals surface area contributed by atoms with Crippen molar-refractivity contribution in [1.29, 1.82) is 0 Å². The molecule has 2 aromatic rings. The molecule has 0 aliphatic heterocycles. The second-order valence-corrected chi connectivity index (χ2v) is 6.00. The first kappa shape index (κ1) is 12.7. The van der Waals surface area contributed by atoms with E-state index in [2.05, 4.69) is 33.0 Å². The van der Waals surface area contributed by atoms with E-state index in [9.17, 15) is 0 Å². The van der Waals surface area contributed by atoms with Gasteiger partial charge in [-0.15, -0.1) is 11.3 Å². The largest absolute Gasteiger partial charge is 0.338 e. The molecule has 1 unspecified atom stereocenters. The third-order valence-corrected chi connectivity index (χ3v) is 4.65. The highest BCUT2D eigenvalue weighted by atomic mass is 79.9. The molecule has 2 rings (SSSR count). The normalized spacial score (nSPS) is 14.8. The fourth-order valence-corrected chi connectivity index (χ4v) is 2.73. The molecule has 2 heterocycles. The molecule has 17 heavy (non-hydrogen) atoms. The van der Waals surface area contributed by atoms with Gasteiger partial charge in [0.1, 0.15) is 0 Å². The van der Waals surface area contributed by atoms with Crippen molar-refractivity contribution in [3.8, 4) is 10.7 Å². The van der Waals surface area contributed by atoms with Gasteiger partial charge in [0.05, 0.1) is 10.3 Å². The van der Waals surface area contributed by atoms with Gasteiger partial charge in [-0.1, -0.05) is 12.1 Å². The van der Waals surface area contributed by atoms with Crippen LogP contribution in [0.3, 0.4) is 0 Å². The van der Waals surface area contributed by atoms with Gasteiger partial charge in [0.15, 0.2) is 0 Å². The van der Waals surface area contributed by atoms with E-state index >= 15 is 0 Å². The summed E-state index contributed by atoms with van der Waals surface area (Å²) in [6.07, 6.45) is 0.874.